The van der Waals surface area contributed by atoms with Crippen molar-refractivity contribution >= 4 is 25.1 Å². The topological polar surface area (TPSA) is 17.1 Å². The molecule has 1 atom stereocenters. The van der Waals surface area contributed by atoms with Crippen LogP contribution >= 0.6 is 19.8 Å². The van der Waals surface area contributed by atoms with Crippen LogP contribution in [0.3, 0.4) is 0 Å². The van der Waals surface area contributed by atoms with Crippen LogP contribution in [0, 0.1) is 0 Å². The average molecular weight is 210 g/mol. The molecule has 0 radical (unpaired) electrons. The lowest BCUT2D eigenvalue weighted by atomic mass is 10.4. The molecule has 0 bridgehead atoms. The van der Waals surface area contributed by atoms with E-state index in [1.54, 1.807) is 0 Å². The Bertz CT molecular complexity index is 383. The molecular formula is C10H11OPS. The predicted octanol–water partition coefficient (Wildman–Crippen LogP) is 2.85. The van der Waals surface area contributed by atoms with Crippen molar-refractivity contribution in [3.8, 4) is 0 Å². The van der Waals surface area contributed by atoms with Crippen molar-refractivity contribution in [2.24, 2.45) is 0 Å². The van der Waals surface area contributed by atoms with Crippen LogP contribution < -0.4 is 5.30 Å². The van der Waals surface area contributed by atoms with Crippen LogP contribution in [-0.4, -0.2) is 6.16 Å². The Morgan fingerprint density at radius 3 is 2.46 bits per heavy atom. The van der Waals surface area contributed by atoms with Crippen molar-refractivity contribution in [1.82, 2.24) is 0 Å². The molecule has 0 amide bonds. The summed E-state index contributed by atoms with van der Waals surface area (Å²) in [6.45, 7) is 0. The first kappa shape index (κ1) is 9.11. The molecule has 1 aliphatic rings. The minimum atomic E-state index is -2.29. The molecule has 3 heteroatoms. The summed E-state index contributed by atoms with van der Waals surface area (Å²) in [5.74, 6) is 0. The Morgan fingerprint density at radius 2 is 1.92 bits per heavy atom. The Balaban J connectivity index is 2.48. The molecule has 1 unspecified atom stereocenters. The Labute approximate surface area is 83.6 Å². The molecule has 0 spiro atoms. The number of rotatable bonds is 1. The van der Waals surface area contributed by atoms with E-state index in [9.17, 15) is 4.57 Å². The van der Waals surface area contributed by atoms with E-state index in [-0.39, 0.29) is 0 Å². The van der Waals surface area contributed by atoms with Crippen LogP contribution in [0.2, 0.25) is 0 Å². The Hall–Kier alpha value is -0.460. The van der Waals surface area contributed by atoms with Crippen molar-refractivity contribution in [3.05, 3.63) is 41.1 Å². The molecule has 0 fully saturated rings. The molecule has 0 aromatic heterocycles. The van der Waals surface area contributed by atoms with Gasteiger partial charge in [0.05, 0.1) is 0 Å². The first-order valence-corrected chi connectivity index (χ1v) is 6.62. The van der Waals surface area contributed by atoms with Gasteiger partial charge in [-0.1, -0.05) is 36.4 Å². The van der Waals surface area contributed by atoms with E-state index in [1.165, 1.54) is 0 Å². The third-order valence-corrected chi connectivity index (χ3v) is 6.41. The molecule has 0 saturated heterocycles. The van der Waals surface area contributed by atoms with Gasteiger partial charge in [-0.05, 0) is 6.42 Å². The highest BCUT2D eigenvalue weighted by molar-refractivity contribution is 8.00. The summed E-state index contributed by atoms with van der Waals surface area (Å²) in [5, 5.41) is 0.939. The maximum absolute atomic E-state index is 12.4. The van der Waals surface area contributed by atoms with Gasteiger partial charge < -0.3 is 4.57 Å². The predicted molar refractivity (Wildman–Crippen MR) is 60.2 cm³/mol. The molecule has 1 aromatic rings. The fourth-order valence-electron chi connectivity index (χ4n) is 1.57. The summed E-state index contributed by atoms with van der Waals surface area (Å²) in [6, 6.07) is 9.64. The minimum absolute atomic E-state index is 0.746. The fourth-order valence-corrected chi connectivity index (χ4v) is 4.67. The molecule has 0 saturated carbocycles. The summed E-state index contributed by atoms with van der Waals surface area (Å²) >= 11 is 4.28. The van der Waals surface area contributed by atoms with E-state index in [2.05, 4.69) is 12.6 Å². The third-order valence-electron chi connectivity index (χ3n) is 2.31. The first-order chi connectivity index (χ1) is 6.23. The van der Waals surface area contributed by atoms with E-state index in [0.717, 1.165) is 22.5 Å². The van der Waals surface area contributed by atoms with Crippen LogP contribution in [0.25, 0.3) is 0 Å². The van der Waals surface area contributed by atoms with Crippen LogP contribution in [0.1, 0.15) is 6.42 Å². The normalized spacial score (nSPS) is 27.3. The van der Waals surface area contributed by atoms with Gasteiger partial charge in [-0.2, -0.15) is 0 Å². The van der Waals surface area contributed by atoms with E-state index in [4.69, 9.17) is 0 Å². The number of thiol groups is 1. The molecular weight excluding hydrogens is 199 g/mol. The van der Waals surface area contributed by atoms with Gasteiger partial charge >= 0.3 is 0 Å². The summed E-state index contributed by atoms with van der Waals surface area (Å²) < 4.78 is 13.2. The zero-order valence-electron chi connectivity index (χ0n) is 7.18. The fraction of sp³-hybridized carbons (Fsp3) is 0.200. The maximum atomic E-state index is 12.4. The molecule has 1 heterocycles. The number of hydrogen-bond donors (Lipinski definition) is 1. The van der Waals surface area contributed by atoms with Gasteiger partial charge in [-0.15, -0.1) is 12.6 Å². The quantitative estimate of drug-likeness (QED) is 0.557. The molecule has 1 nitrogen and oxygen atoms in total. The van der Waals surface area contributed by atoms with Crippen molar-refractivity contribution in [2.75, 3.05) is 6.16 Å². The highest BCUT2D eigenvalue weighted by Crippen LogP contribution is 2.58. The number of hydrogen-bond acceptors (Lipinski definition) is 2. The molecule has 68 valence electrons. The zero-order chi connectivity index (χ0) is 9.31. The van der Waals surface area contributed by atoms with Crippen LogP contribution in [-0.2, 0) is 4.57 Å². The van der Waals surface area contributed by atoms with Crippen molar-refractivity contribution in [2.45, 2.75) is 6.42 Å². The molecule has 0 aliphatic carbocycles. The zero-order valence-corrected chi connectivity index (χ0v) is 8.97. The smallest absolute Gasteiger partial charge is 0.149 e. The molecule has 0 N–H and O–H groups in total. The van der Waals surface area contributed by atoms with Gasteiger partial charge in [0.15, 0.2) is 0 Å². The number of allylic oxidation sites excluding steroid dienone is 1. The lowest BCUT2D eigenvalue weighted by Crippen LogP contribution is -2.03. The number of benzene rings is 1. The van der Waals surface area contributed by atoms with Crippen LogP contribution in [0.5, 0.6) is 0 Å². The van der Waals surface area contributed by atoms with Crippen molar-refractivity contribution in [1.29, 1.82) is 0 Å². The van der Waals surface area contributed by atoms with Gasteiger partial charge in [-0.25, -0.2) is 0 Å². The summed E-state index contributed by atoms with van der Waals surface area (Å²) in [5.41, 5.74) is 0. The van der Waals surface area contributed by atoms with Gasteiger partial charge in [0.2, 0.25) is 0 Å². The summed E-state index contributed by atoms with van der Waals surface area (Å²) in [4.78, 5) is 0. The second-order valence-corrected chi connectivity index (χ2v) is 6.91. The van der Waals surface area contributed by atoms with Crippen molar-refractivity contribution < 1.29 is 4.57 Å². The Kier molecular flexibility index (Phi) is 2.35. The Morgan fingerprint density at radius 1 is 1.23 bits per heavy atom. The first-order valence-electron chi connectivity index (χ1n) is 4.28. The second-order valence-electron chi connectivity index (χ2n) is 3.15. The van der Waals surface area contributed by atoms with E-state index < -0.39 is 7.14 Å². The van der Waals surface area contributed by atoms with Crippen molar-refractivity contribution in [3.63, 3.8) is 0 Å². The van der Waals surface area contributed by atoms with E-state index in [0.29, 0.717) is 0 Å². The minimum Gasteiger partial charge on any atom is -0.313 e. The van der Waals surface area contributed by atoms with Crippen LogP contribution in [0.4, 0.5) is 0 Å². The maximum Gasteiger partial charge on any atom is 0.149 e. The standard InChI is InChI=1S/C10H11OPS/c11-12(8-4-7-10(12)13)9-5-2-1-3-6-9/h1-3,5-7,13H,4,8H2. The molecule has 1 aromatic carbocycles. The van der Waals surface area contributed by atoms with Gasteiger partial charge in [0.1, 0.15) is 7.14 Å². The molecule has 2 rings (SSSR count). The summed E-state index contributed by atoms with van der Waals surface area (Å²) in [6.07, 6.45) is 3.61. The SMILES string of the molecule is O=P1(c2ccccc2)CCC=C1S. The third kappa shape index (κ3) is 1.49. The highest BCUT2D eigenvalue weighted by Gasteiger charge is 2.30. The van der Waals surface area contributed by atoms with E-state index >= 15 is 0 Å². The van der Waals surface area contributed by atoms with Gasteiger partial charge in [-0.3, -0.25) is 0 Å². The molecule has 1 aliphatic heterocycles. The lowest BCUT2D eigenvalue weighted by Gasteiger charge is -2.12. The second kappa shape index (κ2) is 3.36. The highest BCUT2D eigenvalue weighted by atomic mass is 32.1. The average Bonchev–Trinajstić information content (AvgIpc) is 2.50. The van der Waals surface area contributed by atoms with Gasteiger partial charge in [0.25, 0.3) is 0 Å². The van der Waals surface area contributed by atoms with E-state index in [1.807, 2.05) is 36.4 Å². The largest absolute Gasteiger partial charge is 0.313 e. The monoisotopic (exact) mass is 210 g/mol. The lowest BCUT2D eigenvalue weighted by molar-refractivity contribution is 0.587. The van der Waals surface area contributed by atoms with Crippen LogP contribution in [0.15, 0.2) is 41.1 Å². The molecule has 13 heavy (non-hydrogen) atoms. The van der Waals surface area contributed by atoms with Gasteiger partial charge in [0, 0.05) is 16.1 Å². The summed E-state index contributed by atoms with van der Waals surface area (Å²) in [7, 11) is -2.29.